The minimum Gasteiger partial charge on any atom is -0.494 e. The summed E-state index contributed by atoms with van der Waals surface area (Å²) in [5.74, 6) is 1.49. The van der Waals surface area contributed by atoms with Gasteiger partial charge < -0.3 is 9.84 Å². The maximum Gasteiger partial charge on any atom is 0.119 e. The molecule has 0 spiro atoms. The highest BCUT2D eigenvalue weighted by molar-refractivity contribution is 5.30. The van der Waals surface area contributed by atoms with Crippen LogP contribution < -0.4 is 4.74 Å². The summed E-state index contributed by atoms with van der Waals surface area (Å²) < 4.78 is 7.38. The number of aryl methyl sites for hydroxylation is 1. The molecule has 0 fully saturated rings. The molecule has 5 heteroatoms. The molecule has 5 nitrogen and oxygen atoms in total. The number of rotatable bonds is 8. The molecule has 1 heterocycles. The van der Waals surface area contributed by atoms with Crippen molar-refractivity contribution in [3.8, 4) is 5.75 Å². The standard InChI is InChI=1S/C17H25N3O2/c1-4-22-15-7-5-14(6-8-15)11-17-16(12-21)18-19-20(17)10-9-13(2)3/h5-8,13,21H,4,9-12H2,1-3H3. The first-order valence-electron chi connectivity index (χ1n) is 7.87. The van der Waals surface area contributed by atoms with Gasteiger partial charge in [0.05, 0.1) is 18.9 Å². The van der Waals surface area contributed by atoms with Crippen LogP contribution in [0, 0.1) is 5.92 Å². The van der Waals surface area contributed by atoms with E-state index in [1.807, 2.05) is 35.9 Å². The van der Waals surface area contributed by atoms with Crippen LogP contribution in [0.4, 0.5) is 0 Å². The molecule has 0 bridgehead atoms. The molecule has 0 radical (unpaired) electrons. The molecule has 0 aliphatic carbocycles. The van der Waals surface area contributed by atoms with Gasteiger partial charge >= 0.3 is 0 Å². The molecule has 2 aromatic rings. The fraction of sp³-hybridized carbons (Fsp3) is 0.529. The number of aromatic nitrogens is 3. The minimum absolute atomic E-state index is 0.0754. The Morgan fingerprint density at radius 2 is 1.95 bits per heavy atom. The lowest BCUT2D eigenvalue weighted by Crippen LogP contribution is -2.09. The SMILES string of the molecule is CCOc1ccc(Cc2c(CO)nnn2CCC(C)C)cc1. The third kappa shape index (κ3) is 4.31. The van der Waals surface area contributed by atoms with E-state index in [4.69, 9.17) is 4.74 Å². The summed E-state index contributed by atoms with van der Waals surface area (Å²) in [7, 11) is 0. The van der Waals surface area contributed by atoms with E-state index in [0.717, 1.165) is 30.0 Å². The Labute approximate surface area is 131 Å². The van der Waals surface area contributed by atoms with Crippen LogP contribution in [-0.2, 0) is 19.6 Å². The summed E-state index contributed by atoms with van der Waals surface area (Å²) in [4.78, 5) is 0. The van der Waals surface area contributed by atoms with Gasteiger partial charge in [-0.3, -0.25) is 0 Å². The maximum absolute atomic E-state index is 9.47. The average molecular weight is 303 g/mol. The molecular formula is C17H25N3O2. The lowest BCUT2D eigenvalue weighted by Gasteiger charge is -2.10. The van der Waals surface area contributed by atoms with Crippen molar-refractivity contribution in [3.63, 3.8) is 0 Å². The highest BCUT2D eigenvalue weighted by atomic mass is 16.5. The molecule has 120 valence electrons. The molecule has 2 rings (SSSR count). The van der Waals surface area contributed by atoms with Crippen LogP contribution in [0.5, 0.6) is 5.75 Å². The lowest BCUT2D eigenvalue weighted by atomic mass is 10.1. The van der Waals surface area contributed by atoms with E-state index in [0.29, 0.717) is 24.6 Å². The van der Waals surface area contributed by atoms with E-state index in [-0.39, 0.29) is 6.61 Å². The van der Waals surface area contributed by atoms with Crippen LogP contribution in [0.25, 0.3) is 0 Å². The van der Waals surface area contributed by atoms with Crippen LogP contribution in [0.1, 0.15) is 44.1 Å². The third-order valence-corrected chi connectivity index (χ3v) is 3.59. The first kappa shape index (κ1) is 16.5. The normalized spacial score (nSPS) is 11.1. The molecule has 0 saturated heterocycles. The molecule has 0 saturated carbocycles. The Balaban J connectivity index is 2.14. The molecule has 0 atom stereocenters. The van der Waals surface area contributed by atoms with Crippen molar-refractivity contribution in [1.29, 1.82) is 0 Å². The van der Waals surface area contributed by atoms with Crippen molar-refractivity contribution in [2.24, 2.45) is 5.92 Å². The van der Waals surface area contributed by atoms with E-state index in [1.165, 1.54) is 0 Å². The second-order valence-corrected chi connectivity index (χ2v) is 5.80. The van der Waals surface area contributed by atoms with Crippen molar-refractivity contribution in [1.82, 2.24) is 15.0 Å². The van der Waals surface area contributed by atoms with Crippen LogP contribution in [-0.4, -0.2) is 26.7 Å². The third-order valence-electron chi connectivity index (χ3n) is 3.59. The van der Waals surface area contributed by atoms with Gasteiger partial charge in [-0.15, -0.1) is 5.10 Å². The smallest absolute Gasteiger partial charge is 0.119 e. The predicted octanol–water partition coefficient (Wildman–Crippen LogP) is 2.81. The summed E-state index contributed by atoms with van der Waals surface area (Å²) in [5.41, 5.74) is 2.82. The van der Waals surface area contributed by atoms with Crippen molar-refractivity contribution < 1.29 is 9.84 Å². The fourth-order valence-electron chi connectivity index (χ4n) is 2.31. The van der Waals surface area contributed by atoms with Crippen LogP contribution in [0.3, 0.4) is 0 Å². The lowest BCUT2D eigenvalue weighted by molar-refractivity contribution is 0.275. The van der Waals surface area contributed by atoms with Gasteiger partial charge in [0.1, 0.15) is 11.4 Å². The molecule has 0 amide bonds. The Bertz CT molecular complexity index is 576. The molecule has 1 N–H and O–H groups in total. The monoisotopic (exact) mass is 303 g/mol. The molecule has 22 heavy (non-hydrogen) atoms. The number of ether oxygens (including phenoxy) is 1. The number of benzene rings is 1. The second-order valence-electron chi connectivity index (χ2n) is 5.80. The number of aliphatic hydroxyl groups excluding tert-OH is 1. The zero-order chi connectivity index (χ0) is 15.9. The number of aliphatic hydroxyl groups is 1. The van der Waals surface area contributed by atoms with Gasteiger partial charge in [-0.2, -0.15) is 0 Å². The molecule has 1 aromatic heterocycles. The molecular weight excluding hydrogens is 278 g/mol. The topological polar surface area (TPSA) is 60.2 Å². The Morgan fingerprint density at radius 1 is 1.23 bits per heavy atom. The Kier molecular flexibility index (Phi) is 5.95. The summed E-state index contributed by atoms with van der Waals surface area (Å²) >= 11 is 0. The zero-order valence-electron chi connectivity index (χ0n) is 13.6. The van der Waals surface area contributed by atoms with Gasteiger partial charge in [-0.05, 0) is 37.0 Å². The average Bonchev–Trinajstić information content (AvgIpc) is 2.89. The van der Waals surface area contributed by atoms with Crippen molar-refractivity contribution in [3.05, 3.63) is 41.2 Å². The molecule has 0 aliphatic heterocycles. The first-order chi connectivity index (χ1) is 10.6. The summed E-state index contributed by atoms with van der Waals surface area (Å²) in [6.45, 7) is 7.78. The molecule has 0 unspecified atom stereocenters. The minimum atomic E-state index is -0.0754. The van der Waals surface area contributed by atoms with Crippen molar-refractivity contribution in [2.75, 3.05) is 6.61 Å². The Morgan fingerprint density at radius 3 is 2.55 bits per heavy atom. The van der Waals surface area contributed by atoms with Crippen molar-refractivity contribution >= 4 is 0 Å². The predicted molar refractivity (Wildman–Crippen MR) is 85.8 cm³/mol. The number of hydrogen-bond acceptors (Lipinski definition) is 4. The van der Waals surface area contributed by atoms with Crippen LogP contribution >= 0.6 is 0 Å². The van der Waals surface area contributed by atoms with Gasteiger partial charge in [0.25, 0.3) is 0 Å². The summed E-state index contributed by atoms with van der Waals surface area (Å²) in [6.07, 6.45) is 1.76. The Hall–Kier alpha value is -1.88. The first-order valence-corrected chi connectivity index (χ1v) is 7.87. The maximum atomic E-state index is 9.47. The van der Waals surface area contributed by atoms with E-state index >= 15 is 0 Å². The van der Waals surface area contributed by atoms with Gasteiger partial charge in [-0.25, -0.2) is 4.68 Å². The zero-order valence-corrected chi connectivity index (χ0v) is 13.6. The van der Waals surface area contributed by atoms with E-state index in [2.05, 4.69) is 24.2 Å². The molecule has 0 aliphatic rings. The number of hydrogen-bond donors (Lipinski definition) is 1. The van der Waals surface area contributed by atoms with Crippen LogP contribution in [0.2, 0.25) is 0 Å². The van der Waals surface area contributed by atoms with Gasteiger partial charge in [0.15, 0.2) is 0 Å². The van der Waals surface area contributed by atoms with Gasteiger partial charge in [-0.1, -0.05) is 31.2 Å². The number of nitrogens with zero attached hydrogens (tertiary/aromatic N) is 3. The van der Waals surface area contributed by atoms with Gasteiger partial charge in [0, 0.05) is 13.0 Å². The quantitative estimate of drug-likeness (QED) is 0.814. The van der Waals surface area contributed by atoms with Gasteiger partial charge in [0.2, 0.25) is 0 Å². The van der Waals surface area contributed by atoms with E-state index in [1.54, 1.807) is 0 Å². The summed E-state index contributed by atoms with van der Waals surface area (Å²) in [6, 6.07) is 8.04. The molecule has 1 aromatic carbocycles. The highest BCUT2D eigenvalue weighted by Gasteiger charge is 2.13. The second kappa shape index (κ2) is 7.94. The largest absolute Gasteiger partial charge is 0.494 e. The fourth-order valence-corrected chi connectivity index (χ4v) is 2.31. The van der Waals surface area contributed by atoms with E-state index in [9.17, 15) is 5.11 Å². The van der Waals surface area contributed by atoms with Crippen molar-refractivity contribution in [2.45, 2.75) is 46.8 Å². The highest BCUT2D eigenvalue weighted by Crippen LogP contribution is 2.17. The van der Waals surface area contributed by atoms with E-state index < -0.39 is 0 Å². The summed E-state index contributed by atoms with van der Waals surface area (Å²) in [5, 5.41) is 17.7. The van der Waals surface area contributed by atoms with Crippen LogP contribution in [0.15, 0.2) is 24.3 Å².